The quantitative estimate of drug-likeness (QED) is 0.821. The number of hydrogen-bond donors (Lipinski definition) is 1. The minimum Gasteiger partial charge on any atom is -0.317 e. The Morgan fingerprint density at radius 2 is 1.94 bits per heavy atom. The molecule has 1 aromatic carbocycles. The number of hydrogen-bond acceptors (Lipinski definition) is 2. The van der Waals surface area contributed by atoms with E-state index in [2.05, 4.69) is 5.32 Å². The van der Waals surface area contributed by atoms with Crippen LogP contribution in [0.25, 0.3) is 0 Å². The Kier molecular flexibility index (Phi) is 2.90. The van der Waals surface area contributed by atoms with Crippen molar-refractivity contribution in [3.63, 3.8) is 0 Å². The van der Waals surface area contributed by atoms with Crippen molar-refractivity contribution in [2.75, 3.05) is 6.54 Å². The number of benzene rings is 1. The molecule has 1 aliphatic rings. The lowest BCUT2D eigenvalue weighted by Crippen LogP contribution is -2.50. The zero-order valence-corrected chi connectivity index (χ0v) is 9.14. The SMILES string of the molecule is CC(c1ccccc1)N1CCC(=O)NC1=O. The summed E-state index contributed by atoms with van der Waals surface area (Å²) in [6.07, 6.45) is 0.378. The van der Waals surface area contributed by atoms with Crippen molar-refractivity contribution >= 4 is 11.9 Å². The maximum atomic E-state index is 11.6. The van der Waals surface area contributed by atoms with Crippen LogP contribution >= 0.6 is 0 Å². The first-order valence-electron chi connectivity index (χ1n) is 5.34. The fourth-order valence-corrected chi connectivity index (χ4v) is 1.86. The molecule has 1 aromatic rings. The molecule has 0 radical (unpaired) electrons. The number of carbonyl (C=O) groups excluding carboxylic acids is 2. The van der Waals surface area contributed by atoms with Gasteiger partial charge < -0.3 is 4.90 Å². The molecule has 0 spiro atoms. The van der Waals surface area contributed by atoms with Crippen LogP contribution in [0.2, 0.25) is 0 Å². The molecule has 84 valence electrons. The third kappa shape index (κ3) is 2.05. The average Bonchev–Trinajstić information content (AvgIpc) is 2.29. The Balaban J connectivity index is 2.13. The predicted octanol–water partition coefficient (Wildman–Crippen LogP) is 1.69. The fourth-order valence-electron chi connectivity index (χ4n) is 1.86. The highest BCUT2D eigenvalue weighted by molar-refractivity contribution is 5.96. The van der Waals surface area contributed by atoms with E-state index in [1.807, 2.05) is 37.3 Å². The Morgan fingerprint density at radius 3 is 2.56 bits per heavy atom. The van der Waals surface area contributed by atoms with Gasteiger partial charge in [-0.15, -0.1) is 0 Å². The van der Waals surface area contributed by atoms with Crippen molar-refractivity contribution < 1.29 is 9.59 Å². The van der Waals surface area contributed by atoms with Crippen LogP contribution in [-0.4, -0.2) is 23.4 Å². The summed E-state index contributed by atoms with van der Waals surface area (Å²) in [5.41, 5.74) is 1.08. The van der Waals surface area contributed by atoms with Crippen molar-refractivity contribution in [2.24, 2.45) is 0 Å². The zero-order chi connectivity index (χ0) is 11.5. The van der Waals surface area contributed by atoms with Gasteiger partial charge in [-0.25, -0.2) is 4.79 Å². The maximum absolute atomic E-state index is 11.6. The van der Waals surface area contributed by atoms with Gasteiger partial charge >= 0.3 is 6.03 Å². The number of urea groups is 1. The van der Waals surface area contributed by atoms with Crippen molar-refractivity contribution in [3.05, 3.63) is 35.9 Å². The average molecular weight is 218 g/mol. The van der Waals surface area contributed by atoms with E-state index in [-0.39, 0.29) is 18.0 Å². The molecule has 0 bridgehead atoms. The maximum Gasteiger partial charge on any atom is 0.324 e. The summed E-state index contributed by atoms with van der Waals surface area (Å²) in [6, 6.07) is 9.48. The molecule has 1 atom stereocenters. The zero-order valence-electron chi connectivity index (χ0n) is 9.14. The summed E-state index contributed by atoms with van der Waals surface area (Å²) in [5, 5.41) is 2.33. The molecule has 1 fully saturated rings. The standard InChI is InChI=1S/C12H14N2O2/c1-9(10-5-3-2-4-6-10)14-8-7-11(15)13-12(14)16/h2-6,9H,7-8H2,1H3,(H,13,15,16). The summed E-state index contributed by atoms with van der Waals surface area (Å²) in [6.45, 7) is 2.45. The van der Waals surface area contributed by atoms with Crippen LogP contribution in [0.15, 0.2) is 30.3 Å². The highest BCUT2D eigenvalue weighted by atomic mass is 16.2. The van der Waals surface area contributed by atoms with Gasteiger partial charge in [-0.05, 0) is 12.5 Å². The molecule has 0 aromatic heterocycles. The van der Waals surface area contributed by atoms with E-state index in [1.165, 1.54) is 0 Å². The second-order valence-electron chi connectivity index (χ2n) is 3.88. The molecular weight excluding hydrogens is 204 g/mol. The van der Waals surface area contributed by atoms with Gasteiger partial charge in [0.1, 0.15) is 0 Å². The Bertz CT molecular complexity index is 403. The number of nitrogens with zero attached hydrogens (tertiary/aromatic N) is 1. The van der Waals surface area contributed by atoms with Gasteiger partial charge in [0.2, 0.25) is 5.91 Å². The van der Waals surface area contributed by atoms with Gasteiger partial charge in [-0.2, -0.15) is 0 Å². The summed E-state index contributed by atoms with van der Waals surface area (Å²) in [7, 11) is 0. The largest absolute Gasteiger partial charge is 0.324 e. The monoisotopic (exact) mass is 218 g/mol. The summed E-state index contributed by atoms with van der Waals surface area (Å²) >= 11 is 0. The number of amides is 3. The minimum atomic E-state index is -0.299. The van der Waals surface area contributed by atoms with Gasteiger partial charge in [0.25, 0.3) is 0 Å². The molecule has 1 N–H and O–H groups in total. The Hall–Kier alpha value is -1.84. The molecule has 4 heteroatoms. The number of carbonyl (C=O) groups is 2. The van der Waals surface area contributed by atoms with E-state index in [0.717, 1.165) is 5.56 Å². The number of imide groups is 1. The lowest BCUT2D eigenvalue weighted by molar-refractivity contribution is -0.121. The summed E-state index contributed by atoms with van der Waals surface area (Å²) in [5.74, 6) is -0.193. The van der Waals surface area contributed by atoms with Crippen LogP contribution in [0, 0.1) is 0 Å². The van der Waals surface area contributed by atoms with Crippen molar-refractivity contribution in [2.45, 2.75) is 19.4 Å². The van der Waals surface area contributed by atoms with E-state index in [0.29, 0.717) is 13.0 Å². The second kappa shape index (κ2) is 4.35. The molecule has 0 saturated carbocycles. The second-order valence-corrected chi connectivity index (χ2v) is 3.88. The Morgan fingerprint density at radius 1 is 1.25 bits per heavy atom. The lowest BCUT2D eigenvalue weighted by atomic mass is 10.1. The van der Waals surface area contributed by atoms with E-state index in [1.54, 1.807) is 4.90 Å². The van der Waals surface area contributed by atoms with E-state index in [4.69, 9.17) is 0 Å². The predicted molar refractivity (Wildman–Crippen MR) is 59.7 cm³/mol. The van der Waals surface area contributed by atoms with Gasteiger partial charge in [0.05, 0.1) is 6.04 Å². The normalized spacial score (nSPS) is 18.2. The lowest BCUT2D eigenvalue weighted by Gasteiger charge is -2.32. The molecule has 1 unspecified atom stereocenters. The van der Waals surface area contributed by atoms with Crippen LogP contribution in [-0.2, 0) is 4.79 Å². The van der Waals surface area contributed by atoms with Crippen LogP contribution in [0.5, 0.6) is 0 Å². The highest BCUT2D eigenvalue weighted by Crippen LogP contribution is 2.21. The topological polar surface area (TPSA) is 49.4 Å². The smallest absolute Gasteiger partial charge is 0.317 e. The minimum absolute atomic E-state index is 0.00528. The number of nitrogens with one attached hydrogen (secondary N) is 1. The molecule has 1 saturated heterocycles. The first kappa shape index (κ1) is 10.7. The van der Waals surface area contributed by atoms with Gasteiger partial charge in [-0.1, -0.05) is 30.3 Å². The van der Waals surface area contributed by atoms with E-state index < -0.39 is 0 Å². The van der Waals surface area contributed by atoms with Crippen LogP contribution < -0.4 is 5.32 Å². The molecule has 16 heavy (non-hydrogen) atoms. The van der Waals surface area contributed by atoms with E-state index >= 15 is 0 Å². The van der Waals surface area contributed by atoms with Gasteiger partial charge in [0.15, 0.2) is 0 Å². The molecule has 0 aliphatic carbocycles. The van der Waals surface area contributed by atoms with Crippen LogP contribution in [0.1, 0.15) is 24.9 Å². The van der Waals surface area contributed by atoms with Crippen molar-refractivity contribution in [1.29, 1.82) is 0 Å². The summed E-state index contributed by atoms with van der Waals surface area (Å²) in [4.78, 5) is 24.3. The van der Waals surface area contributed by atoms with Crippen LogP contribution in [0.3, 0.4) is 0 Å². The van der Waals surface area contributed by atoms with Crippen LogP contribution in [0.4, 0.5) is 4.79 Å². The molecule has 1 aliphatic heterocycles. The number of rotatable bonds is 2. The summed E-state index contributed by atoms with van der Waals surface area (Å²) < 4.78 is 0. The molecule has 3 amide bonds. The molecule has 4 nitrogen and oxygen atoms in total. The van der Waals surface area contributed by atoms with Gasteiger partial charge in [-0.3, -0.25) is 10.1 Å². The van der Waals surface area contributed by atoms with Gasteiger partial charge in [0, 0.05) is 13.0 Å². The third-order valence-electron chi connectivity index (χ3n) is 2.84. The Labute approximate surface area is 94.2 Å². The first-order valence-corrected chi connectivity index (χ1v) is 5.34. The highest BCUT2D eigenvalue weighted by Gasteiger charge is 2.27. The van der Waals surface area contributed by atoms with Crippen molar-refractivity contribution in [1.82, 2.24) is 10.2 Å². The molecule has 2 rings (SSSR count). The van der Waals surface area contributed by atoms with E-state index in [9.17, 15) is 9.59 Å². The first-order chi connectivity index (χ1) is 7.68. The fraction of sp³-hybridized carbons (Fsp3) is 0.333. The van der Waals surface area contributed by atoms with Crippen molar-refractivity contribution in [3.8, 4) is 0 Å². The third-order valence-corrected chi connectivity index (χ3v) is 2.84. The molecular formula is C12H14N2O2. The molecule has 1 heterocycles.